The van der Waals surface area contributed by atoms with Crippen LogP contribution in [-0.2, 0) is 5.41 Å². The highest BCUT2D eigenvalue weighted by Gasteiger charge is 2.34. The van der Waals surface area contributed by atoms with E-state index in [0.717, 1.165) is 8.95 Å². The maximum atomic E-state index is 3.56. The smallest absolute Gasteiger partial charge is 0.0203 e. The first-order valence-electron chi connectivity index (χ1n) is 7.73. The molecule has 0 spiro atoms. The Morgan fingerprint density at radius 2 is 0.952 bits per heavy atom. The van der Waals surface area contributed by atoms with Gasteiger partial charge >= 0.3 is 0 Å². The van der Waals surface area contributed by atoms with E-state index in [1.54, 1.807) is 0 Å². The number of hydrogen-bond acceptors (Lipinski definition) is 0. The lowest BCUT2D eigenvalue weighted by atomic mass is 9.69. The molecule has 0 atom stereocenters. The lowest BCUT2D eigenvalue weighted by Crippen LogP contribution is -2.27. The lowest BCUT2D eigenvalue weighted by molar-refractivity contribution is 0.445. The van der Waals surface area contributed by atoms with Crippen molar-refractivity contribution in [2.24, 2.45) is 0 Å². The van der Waals surface area contributed by atoms with Crippen LogP contribution in [0.4, 0.5) is 0 Å². The van der Waals surface area contributed by atoms with E-state index < -0.39 is 0 Å². The molecule has 2 aromatic carbocycles. The Morgan fingerprint density at radius 3 is 1.33 bits per heavy atom. The van der Waals surface area contributed by atoms with Crippen LogP contribution in [0.3, 0.4) is 0 Å². The van der Waals surface area contributed by atoms with Crippen molar-refractivity contribution >= 4 is 31.9 Å². The van der Waals surface area contributed by atoms with Crippen molar-refractivity contribution in [2.45, 2.75) is 43.9 Å². The normalized spacial score (nSPS) is 18.2. The molecule has 0 aromatic heterocycles. The predicted molar refractivity (Wildman–Crippen MR) is 96.8 cm³/mol. The number of hydrogen-bond donors (Lipinski definition) is 0. The zero-order valence-corrected chi connectivity index (χ0v) is 15.3. The minimum absolute atomic E-state index is 0.192. The van der Waals surface area contributed by atoms with Crippen LogP contribution in [0.1, 0.15) is 49.7 Å². The molecule has 1 saturated carbocycles. The Hall–Kier alpha value is -0.600. The van der Waals surface area contributed by atoms with Crippen LogP contribution in [0.2, 0.25) is 0 Å². The quantitative estimate of drug-likeness (QED) is 0.477. The average Bonchev–Trinajstić information content (AvgIpc) is 2.75. The molecule has 0 N–H and O–H groups in total. The van der Waals surface area contributed by atoms with Gasteiger partial charge in [-0.3, -0.25) is 0 Å². The van der Waals surface area contributed by atoms with Gasteiger partial charge in [-0.05, 0) is 48.2 Å². The SMILES string of the molecule is Brc1ccc(C2(c3ccc(Br)cc3)CCCCCC2)cc1. The Balaban J connectivity index is 2.09. The van der Waals surface area contributed by atoms with E-state index >= 15 is 0 Å². The maximum Gasteiger partial charge on any atom is 0.0203 e. The maximum absolute atomic E-state index is 3.56. The van der Waals surface area contributed by atoms with Crippen molar-refractivity contribution in [1.29, 1.82) is 0 Å². The highest BCUT2D eigenvalue weighted by Crippen LogP contribution is 2.44. The fraction of sp³-hybridized carbons (Fsp3) is 0.368. The van der Waals surface area contributed by atoms with Crippen LogP contribution in [-0.4, -0.2) is 0 Å². The first-order valence-corrected chi connectivity index (χ1v) is 9.31. The summed E-state index contributed by atoms with van der Waals surface area (Å²) in [6, 6.07) is 17.9. The van der Waals surface area contributed by atoms with Gasteiger partial charge in [0, 0.05) is 14.4 Å². The summed E-state index contributed by atoms with van der Waals surface area (Å²) >= 11 is 7.12. The predicted octanol–water partition coefficient (Wildman–Crippen LogP) is 6.85. The molecule has 0 amide bonds. The molecule has 21 heavy (non-hydrogen) atoms. The van der Waals surface area contributed by atoms with E-state index in [4.69, 9.17) is 0 Å². The highest BCUT2D eigenvalue weighted by molar-refractivity contribution is 9.10. The second-order valence-corrected chi connectivity index (χ2v) is 7.84. The van der Waals surface area contributed by atoms with E-state index in [1.807, 2.05) is 0 Å². The van der Waals surface area contributed by atoms with Crippen LogP contribution in [0.5, 0.6) is 0 Å². The lowest BCUT2D eigenvalue weighted by Gasteiger charge is -2.34. The van der Waals surface area contributed by atoms with Gasteiger partial charge in [-0.25, -0.2) is 0 Å². The van der Waals surface area contributed by atoms with Gasteiger partial charge < -0.3 is 0 Å². The summed E-state index contributed by atoms with van der Waals surface area (Å²) in [5, 5.41) is 0. The summed E-state index contributed by atoms with van der Waals surface area (Å²) in [6.07, 6.45) is 7.91. The molecule has 0 heterocycles. The third-order valence-corrected chi connectivity index (χ3v) is 5.81. The van der Waals surface area contributed by atoms with Gasteiger partial charge in [-0.1, -0.05) is 81.8 Å². The van der Waals surface area contributed by atoms with Gasteiger partial charge in [0.25, 0.3) is 0 Å². The second-order valence-electron chi connectivity index (χ2n) is 6.01. The van der Waals surface area contributed by atoms with Crippen molar-refractivity contribution in [1.82, 2.24) is 0 Å². The van der Waals surface area contributed by atoms with Crippen LogP contribution in [0.15, 0.2) is 57.5 Å². The zero-order chi connectivity index (χ0) is 14.7. The van der Waals surface area contributed by atoms with E-state index in [9.17, 15) is 0 Å². The molecule has 0 unspecified atom stereocenters. The topological polar surface area (TPSA) is 0 Å². The molecular weight excluding hydrogens is 388 g/mol. The summed E-state index contributed by atoms with van der Waals surface area (Å²) in [5.41, 5.74) is 3.13. The fourth-order valence-corrected chi connectivity index (χ4v) is 4.14. The summed E-state index contributed by atoms with van der Waals surface area (Å²) in [5.74, 6) is 0. The largest absolute Gasteiger partial charge is 0.0570 e. The Bertz CT molecular complexity index is 528. The Labute approximate surface area is 144 Å². The highest BCUT2D eigenvalue weighted by atomic mass is 79.9. The molecule has 0 saturated heterocycles. The first-order chi connectivity index (χ1) is 10.2. The number of benzene rings is 2. The van der Waals surface area contributed by atoms with Crippen LogP contribution < -0.4 is 0 Å². The minimum Gasteiger partial charge on any atom is -0.0570 e. The molecule has 0 aliphatic heterocycles. The summed E-state index contributed by atoms with van der Waals surface area (Å²) in [4.78, 5) is 0. The van der Waals surface area contributed by atoms with Crippen molar-refractivity contribution in [2.75, 3.05) is 0 Å². The van der Waals surface area contributed by atoms with E-state index in [-0.39, 0.29) is 5.41 Å². The van der Waals surface area contributed by atoms with Crippen LogP contribution in [0.25, 0.3) is 0 Å². The molecule has 2 heteroatoms. The molecule has 1 aliphatic rings. The number of rotatable bonds is 2. The third-order valence-electron chi connectivity index (χ3n) is 4.75. The summed E-state index contributed by atoms with van der Waals surface area (Å²) in [7, 11) is 0. The molecule has 110 valence electrons. The third kappa shape index (κ3) is 3.27. The molecular formula is C19H20Br2. The molecule has 0 bridgehead atoms. The van der Waals surface area contributed by atoms with Gasteiger partial charge in [0.1, 0.15) is 0 Å². The molecule has 2 aromatic rings. The van der Waals surface area contributed by atoms with E-state index in [1.165, 1.54) is 49.7 Å². The minimum atomic E-state index is 0.192. The Morgan fingerprint density at radius 1 is 0.571 bits per heavy atom. The number of halogens is 2. The van der Waals surface area contributed by atoms with Gasteiger partial charge in [-0.2, -0.15) is 0 Å². The van der Waals surface area contributed by atoms with Crippen molar-refractivity contribution in [3.63, 3.8) is 0 Å². The van der Waals surface area contributed by atoms with Crippen molar-refractivity contribution < 1.29 is 0 Å². The monoisotopic (exact) mass is 406 g/mol. The Kier molecular flexibility index (Phi) is 4.85. The van der Waals surface area contributed by atoms with Crippen molar-refractivity contribution in [3.05, 3.63) is 68.6 Å². The summed E-state index contributed by atoms with van der Waals surface area (Å²) < 4.78 is 2.32. The first kappa shape index (κ1) is 15.3. The van der Waals surface area contributed by atoms with E-state index in [0.29, 0.717) is 0 Å². The molecule has 0 nitrogen and oxygen atoms in total. The molecule has 0 radical (unpaired) electrons. The second kappa shape index (κ2) is 6.66. The fourth-order valence-electron chi connectivity index (χ4n) is 3.61. The van der Waals surface area contributed by atoms with E-state index in [2.05, 4.69) is 80.4 Å². The van der Waals surface area contributed by atoms with Gasteiger partial charge in [-0.15, -0.1) is 0 Å². The zero-order valence-electron chi connectivity index (χ0n) is 12.1. The van der Waals surface area contributed by atoms with Crippen molar-refractivity contribution in [3.8, 4) is 0 Å². The average molecular weight is 408 g/mol. The van der Waals surface area contributed by atoms with Gasteiger partial charge in [0.2, 0.25) is 0 Å². The van der Waals surface area contributed by atoms with Gasteiger partial charge in [0.15, 0.2) is 0 Å². The van der Waals surface area contributed by atoms with Crippen LogP contribution in [0, 0.1) is 0 Å². The molecule has 1 aliphatic carbocycles. The van der Waals surface area contributed by atoms with Gasteiger partial charge in [0.05, 0.1) is 0 Å². The van der Waals surface area contributed by atoms with Crippen LogP contribution >= 0.6 is 31.9 Å². The summed E-state index contributed by atoms with van der Waals surface area (Å²) in [6.45, 7) is 0. The molecule has 3 rings (SSSR count). The standard InChI is InChI=1S/C19H20Br2/c20-17-9-5-15(6-10-17)19(13-3-1-2-4-14-19)16-7-11-18(21)12-8-16/h5-12H,1-4,13-14H2. The molecule has 1 fully saturated rings.